The first kappa shape index (κ1) is 11.0. The second kappa shape index (κ2) is 3.23. The van der Waals surface area contributed by atoms with E-state index in [0.717, 1.165) is 17.0 Å². The molecule has 0 saturated carbocycles. The fourth-order valence-electron chi connectivity index (χ4n) is 3.01. The van der Waals surface area contributed by atoms with Gasteiger partial charge in [0.25, 0.3) is 0 Å². The van der Waals surface area contributed by atoms with Crippen LogP contribution in [-0.4, -0.2) is 0 Å². The van der Waals surface area contributed by atoms with Crippen molar-refractivity contribution >= 4 is 11.6 Å². The molecule has 1 aliphatic carbocycles. The summed E-state index contributed by atoms with van der Waals surface area (Å²) >= 11 is 6.20. The van der Waals surface area contributed by atoms with Gasteiger partial charge in [-0.3, -0.25) is 0 Å². The predicted octanol–water partition coefficient (Wildman–Crippen LogP) is 3.64. The lowest BCUT2D eigenvalue weighted by molar-refractivity contribution is 0.480. The molecule has 15 heavy (non-hydrogen) atoms. The molecule has 0 radical (unpaired) electrons. The molecule has 0 saturated heterocycles. The Morgan fingerprint density at radius 1 is 1.40 bits per heavy atom. The Hall–Kier alpha value is -0.530. The molecule has 2 heteroatoms. The van der Waals surface area contributed by atoms with E-state index in [1.165, 1.54) is 16.7 Å². The fraction of sp³-hybridized carbons (Fsp3) is 0.538. The van der Waals surface area contributed by atoms with E-state index in [0.29, 0.717) is 0 Å². The van der Waals surface area contributed by atoms with E-state index in [1.54, 1.807) is 0 Å². The van der Waals surface area contributed by atoms with Crippen molar-refractivity contribution in [1.82, 2.24) is 0 Å². The molecule has 0 amide bonds. The second-order valence-corrected chi connectivity index (χ2v) is 5.69. The molecule has 1 aliphatic rings. The second-order valence-electron chi connectivity index (χ2n) is 5.28. The van der Waals surface area contributed by atoms with E-state index in [4.69, 9.17) is 17.3 Å². The van der Waals surface area contributed by atoms with Crippen molar-refractivity contribution in [3.8, 4) is 0 Å². The highest BCUT2D eigenvalue weighted by molar-refractivity contribution is 6.31. The maximum Gasteiger partial charge on any atom is 0.0441 e. The molecule has 0 bridgehead atoms. The molecule has 2 N–H and O–H groups in total. The monoisotopic (exact) mass is 223 g/mol. The summed E-state index contributed by atoms with van der Waals surface area (Å²) < 4.78 is 0. The molecule has 0 aromatic heterocycles. The Kier molecular flexibility index (Phi) is 2.36. The lowest BCUT2D eigenvalue weighted by Crippen LogP contribution is -2.15. The van der Waals surface area contributed by atoms with Crippen LogP contribution in [0.25, 0.3) is 0 Å². The van der Waals surface area contributed by atoms with Crippen LogP contribution in [0.15, 0.2) is 6.07 Å². The third-order valence-electron chi connectivity index (χ3n) is 3.55. The van der Waals surface area contributed by atoms with Crippen molar-refractivity contribution in [2.45, 2.75) is 45.6 Å². The number of halogens is 1. The van der Waals surface area contributed by atoms with Crippen LogP contribution in [-0.2, 0) is 5.41 Å². The van der Waals surface area contributed by atoms with E-state index < -0.39 is 0 Å². The van der Waals surface area contributed by atoms with E-state index in [-0.39, 0.29) is 11.5 Å². The van der Waals surface area contributed by atoms with Gasteiger partial charge in [0.15, 0.2) is 0 Å². The van der Waals surface area contributed by atoms with Gasteiger partial charge >= 0.3 is 0 Å². The topological polar surface area (TPSA) is 26.0 Å². The number of rotatable bonds is 0. The summed E-state index contributed by atoms with van der Waals surface area (Å²) in [5.74, 6) is 0. The minimum Gasteiger partial charge on any atom is -0.324 e. The van der Waals surface area contributed by atoms with Gasteiger partial charge in [-0.05, 0) is 54.0 Å². The Morgan fingerprint density at radius 3 is 2.60 bits per heavy atom. The molecule has 82 valence electrons. The van der Waals surface area contributed by atoms with Gasteiger partial charge in [-0.2, -0.15) is 0 Å². The van der Waals surface area contributed by atoms with Crippen LogP contribution in [0.2, 0.25) is 5.02 Å². The Bertz CT molecular complexity index is 421. The van der Waals surface area contributed by atoms with Gasteiger partial charge in [0.1, 0.15) is 0 Å². The fourth-order valence-corrected chi connectivity index (χ4v) is 3.28. The van der Waals surface area contributed by atoms with Crippen LogP contribution in [0.3, 0.4) is 0 Å². The number of benzene rings is 1. The van der Waals surface area contributed by atoms with Crippen LogP contribution in [0.1, 0.15) is 48.6 Å². The minimum atomic E-state index is 0.146. The summed E-state index contributed by atoms with van der Waals surface area (Å²) in [6.07, 6.45) is 1.02. The zero-order valence-electron chi connectivity index (χ0n) is 9.82. The van der Waals surface area contributed by atoms with Crippen LogP contribution in [0, 0.1) is 13.8 Å². The number of nitrogens with two attached hydrogens (primary N) is 1. The van der Waals surface area contributed by atoms with E-state index in [2.05, 4.69) is 33.8 Å². The van der Waals surface area contributed by atoms with Gasteiger partial charge in [0, 0.05) is 11.1 Å². The SMILES string of the molecule is Cc1cc(Cl)c(C)c2c1C(C)(C)C[C@H]2N. The lowest BCUT2D eigenvalue weighted by atomic mass is 9.83. The molecule has 0 fully saturated rings. The Labute approximate surface area is 96.6 Å². The zero-order valence-corrected chi connectivity index (χ0v) is 10.6. The predicted molar refractivity (Wildman–Crippen MR) is 65.5 cm³/mol. The van der Waals surface area contributed by atoms with Crippen LogP contribution in [0.5, 0.6) is 0 Å². The van der Waals surface area contributed by atoms with E-state index in [9.17, 15) is 0 Å². The first-order chi connectivity index (χ1) is 6.84. The summed E-state index contributed by atoms with van der Waals surface area (Å²) in [5, 5.41) is 0.847. The van der Waals surface area contributed by atoms with Gasteiger partial charge in [0.2, 0.25) is 0 Å². The van der Waals surface area contributed by atoms with E-state index >= 15 is 0 Å². The zero-order chi connectivity index (χ0) is 11.4. The molecule has 0 aliphatic heterocycles. The van der Waals surface area contributed by atoms with Gasteiger partial charge in [-0.1, -0.05) is 25.4 Å². The number of hydrogen-bond donors (Lipinski definition) is 1. The molecule has 0 unspecified atom stereocenters. The molecule has 1 aromatic rings. The first-order valence-corrected chi connectivity index (χ1v) is 5.78. The summed E-state index contributed by atoms with van der Waals surface area (Å²) in [5.41, 5.74) is 11.5. The summed E-state index contributed by atoms with van der Waals surface area (Å²) in [4.78, 5) is 0. The number of fused-ring (bicyclic) bond motifs is 1. The van der Waals surface area contributed by atoms with Crippen molar-refractivity contribution in [1.29, 1.82) is 0 Å². The highest BCUT2D eigenvalue weighted by Gasteiger charge is 2.37. The van der Waals surface area contributed by atoms with Crippen molar-refractivity contribution in [2.75, 3.05) is 0 Å². The summed E-state index contributed by atoms with van der Waals surface area (Å²) in [6.45, 7) is 8.73. The maximum atomic E-state index is 6.20. The smallest absolute Gasteiger partial charge is 0.0441 e. The minimum absolute atomic E-state index is 0.146. The summed E-state index contributed by atoms with van der Waals surface area (Å²) in [6, 6.07) is 2.21. The third kappa shape index (κ3) is 1.49. The Morgan fingerprint density at radius 2 is 2.00 bits per heavy atom. The molecular weight excluding hydrogens is 206 g/mol. The molecular formula is C13H18ClN. The molecule has 0 heterocycles. The molecule has 1 atom stereocenters. The van der Waals surface area contributed by atoms with Crippen LogP contribution < -0.4 is 5.73 Å². The van der Waals surface area contributed by atoms with Gasteiger partial charge in [0.05, 0.1) is 0 Å². The summed E-state index contributed by atoms with van der Waals surface area (Å²) in [7, 11) is 0. The van der Waals surface area contributed by atoms with Crippen molar-refractivity contribution < 1.29 is 0 Å². The molecule has 0 spiro atoms. The maximum absolute atomic E-state index is 6.20. The molecule has 1 nitrogen and oxygen atoms in total. The van der Waals surface area contributed by atoms with Gasteiger partial charge < -0.3 is 5.73 Å². The van der Waals surface area contributed by atoms with Gasteiger partial charge in [-0.25, -0.2) is 0 Å². The van der Waals surface area contributed by atoms with E-state index in [1.807, 2.05) is 0 Å². The number of hydrogen-bond acceptors (Lipinski definition) is 1. The van der Waals surface area contributed by atoms with Crippen molar-refractivity contribution in [3.05, 3.63) is 33.3 Å². The van der Waals surface area contributed by atoms with Gasteiger partial charge in [-0.15, -0.1) is 0 Å². The molecule has 2 rings (SSSR count). The average Bonchev–Trinajstić information content (AvgIpc) is 2.32. The highest BCUT2D eigenvalue weighted by Crippen LogP contribution is 2.47. The quantitative estimate of drug-likeness (QED) is 0.714. The highest BCUT2D eigenvalue weighted by atomic mass is 35.5. The Balaban J connectivity index is 2.78. The van der Waals surface area contributed by atoms with Crippen LogP contribution in [0.4, 0.5) is 0 Å². The largest absolute Gasteiger partial charge is 0.324 e. The van der Waals surface area contributed by atoms with Crippen LogP contribution >= 0.6 is 11.6 Å². The van der Waals surface area contributed by atoms with Crippen molar-refractivity contribution in [2.24, 2.45) is 5.73 Å². The first-order valence-electron chi connectivity index (χ1n) is 5.40. The van der Waals surface area contributed by atoms with Crippen molar-refractivity contribution in [3.63, 3.8) is 0 Å². The standard InChI is InChI=1S/C13H18ClN/c1-7-5-9(14)8(2)11-10(15)6-13(3,4)12(7)11/h5,10H,6,15H2,1-4H3/t10-/m1/s1. The third-order valence-corrected chi connectivity index (χ3v) is 3.94. The lowest BCUT2D eigenvalue weighted by Gasteiger charge is -2.22. The average molecular weight is 224 g/mol. The number of aryl methyl sites for hydroxylation is 1. The normalized spacial score (nSPS) is 22.9. The molecule has 1 aromatic carbocycles.